The van der Waals surface area contributed by atoms with Crippen molar-refractivity contribution >= 4 is 16.7 Å². The molecule has 0 saturated heterocycles. The molecule has 6 heteroatoms. The van der Waals surface area contributed by atoms with Gasteiger partial charge in [-0.3, -0.25) is 0 Å². The highest BCUT2D eigenvalue weighted by atomic mass is 19.4. The number of pyridine rings is 1. The van der Waals surface area contributed by atoms with Crippen molar-refractivity contribution < 1.29 is 13.2 Å². The van der Waals surface area contributed by atoms with E-state index in [1.54, 1.807) is 0 Å². The summed E-state index contributed by atoms with van der Waals surface area (Å²) < 4.78 is 37.3. The van der Waals surface area contributed by atoms with Gasteiger partial charge in [-0.15, -0.1) is 0 Å². The Morgan fingerprint density at radius 2 is 1.91 bits per heavy atom. The maximum atomic E-state index is 12.4. The van der Waals surface area contributed by atoms with Gasteiger partial charge in [0.1, 0.15) is 5.82 Å². The van der Waals surface area contributed by atoms with Crippen molar-refractivity contribution in [2.75, 3.05) is 11.9 Å². The predicted molar refractivity (Wildman–Crippen MR) is 79.7 cm³/mol. The molecule has 1 aromatic carbocycles. The fourth-order valence-corrected chi connectivity index (χ4v) is 2.33. The van der Waals surface area contributed by atoms with Gasteiger partial charge < -0.3 is 10.3 Å². The number of rotatable bonds is 4. The fourth-order valence-electron chi connectivity index (χ4n) is 2.33. The summed E-state index contributed by atoms with van der Waals surface area (Å²) >= 11 is 0. The lowest BCUT2D eigenvalue weighted by Gasteiger charge is -2.08. The van der Waals surface area contributed by atoms with Crippen LogP contribution in [-0.4, -0.2) is 16.5 Å². The number of benzene rings is 1. The summed E-state index contributed by atoms with van der Waals surface area (Å²) in [5.41, 5.74) is 1.50. The van der Waals surface area contributed by atoms with E-state index >= 15 is 0 Å². The van der Waals surface area contributed by atoms with E-state index in [0.29, 0.717) is 12.4 Å². The Morgan fingerprint density at radius 3 is 2.64 bits per heavy atom. The molecule has 0 unspecified atom stereocenters. The summed E-state index contributed by atoms with van der Waals surface area (Å²) in [6.45, 7) is 0.597. The van der Waals surface area contributed by atoms with Crippen molar-refractivity contribution in [2.45, 2.75) is 12.6 Å². The van der Waals surface area contributed by atoms with Crippen LogP contribution >= 0.6 is 0 Å². The molecule has 2 N–H and O–H groups in total. The second-order valence-corrected chi connectivity index (χ2v) is 4.97. The normalized spacial score (nSPS) is 11.8. The summed E-state index contributed by atoms with van der Waals surface area (Å²) in [4.78, 5) is 6.98. The Morgan fingerprint density at radius 1 is 1.09 bits per heavy atom. The monoisotopic (exact) mass is 305 g/mol. The first-order valence-electron chi connectivity index (χ1n) is 6.86. The second-order valence-electron chi connectivity index (χ2n) is 4.97. The van der Waals surface area contributed by atoms with E-state index in [2.05, 4.69) is 15.3 Å². The molecule has 0 spiro atoms. The molecule has 0 aliphatic carbocycles. The molecule has 2 aromatic heterocycles. The number of nitrogens with zero attached hydrogens (tertiary/aromatic N) is 1. The lowest BCUT2D eigenvalue weighted by molar-refractivity contribution is -0.137. The lowest BCUT2D eigenvalue weighted by Crippen LogP contribution is -2.08. The molecular weight excluding hydrogens is 291 g/mol. The van der Waals surface area contributed by atoms with Crippen LogP contribution in [0.3, 0.4) is 0 Å². The number of H-pyrrole nitrogens is 1. The number of hydrogen-bond acceptors (Lipinski definition) is 2. The van der Waals surface area contributed by atoms with Gasteiger partial charge in [0.05, 0.1) is 5.56 Å². The number of halogens is 3. The number of nitrogens with one attached hydrogen (secondary N) is 2. The Labute approximate surface area is 125 Å². The summed E-state index contributed by atoms with van der Waals surface area (Å²) in [7, 11) is 0. The summed E-state index contributed by atoms with van der Waals surface area (Å²) in [6.07, 6.45) is -0.803. The maximum Gasteiger partial charge on any atom is 0.417 e. The Balaban J connectivity index is 1.61. The van der Waals surface area contributed by atoms with Crippen LogP contribution in [0.1, 0.15) is 11.1 Å². The molecular formula is C16H14F3N3. The smallest absolute Gasteiger partial charge is 0.370 e. The second kappa shape index (κ2) is 5.71. The molecule has 22 heavy (non-hydrogen) atoms. The zero-order valence-corrected chi connectivity index (χ0v) is 11.6. The molecule has 0 bridgehead atoms. The molecule has 3 aromatic rings. The highest BCUT2D eigenvalue weighted by Crippen LogP contribution is 2.28. The van der Waals surface area contributed by atoms with Crippen LogP contribution in [0, 0.1) is 0 Å². The number of aromatic nitrogens is 2. The minimum Gasteiger partial charge on any atom is -0.370 e. The number of anilines is 1. The quantitative estimate of drug-likeness (QED) is 0.757. The van der Waals surface area contributed by atoms with Crippen LogP contribution in [0.25, 0.3) is 10.9 Å². The van der Waals surface area contributed by atoms with Crippen molar-refractivity contribution in [2.24, 2.45) is 0 Å². The molecule has 0 fully saturated rings. The van der Waals surface area contributed by atoms with Crippen LogP contribution < -0.4 is 5.32 Å². The summed E-state index contributed by atoms with van der Waals surface area (Å²) in [5.74, 6) is 0.438. The van der Waals surface area contributed by atoms with Gasteiger partial charge in [-0.2, -0.15) is 13.2 Å². The average molecular weight is 305 g/mol. The van der Waals surface area contributed by atoms with Gasteiger partial charge in [-0.05, 0) is 30.2 Å². The maximum absolute atomic E-state index is 12.4. The minimum atomic E-state index is -4.35. The molecule has 114 valence electrons. The van der Waals surface area contributed by atoms with Crippen molar-refractivity contribution in [1.82, 2.24) is 9.97 Å². The van der Waals surface area contributed by atoms with Crippen LogP contribution in [0.5, 0.6) is 0 Å². The first kappa shape index (κ1) is 14.4. The van der Waals surface area contributed by atoms with Crippen molar-refractivity contribution in [1.29, 1.82) is 0 Å². The third kappa shape index (κ3) is 3.05. The van der Waals surface area contributed by atoms with E-state index in [4.69, 9.17) is 0 Å². The molecule has 3 nitrogen and oxygen atoms in total. The number of fused-ring (bicyclic) bond motifs is 1. The first-order valence-corrected chi connectivity index (χ1v) is 6.86. The van der Waals surface area contributed by atoms with Gasteiger partial charge in [-0.25, -0.2) is 4.98 Å². The van der Waals surface area contributed by atoms with Crippen LogP contribution in [0.4, 0.5) is 19.0 Å². The topological polar surface area (TPSA) is 40.7 Å². The standard InChI is InChI=1S/C16H14F3N3/c17-16(18,19)12-5-6-15(22-10-12)20-8-7-11-9-21-14-4-2-1-3-13(11)14/h1-6,9-10,21H,7-8H2,(H,20,22). The number of aromatic amines is 1. The van der Waals surface area contributed by atoms with Gasteiger partial charge in [0.15, 0.2) is 0 Å². The van der Waals surface area contributed by atoms with Gasteiger partial charge in [-0.1, -0.05) is 18.2 Å². The summed E-state index contributed by atoms with van der Waals surface area (Å²) in [6, 6.07) is 10.4. The highest BCUT2D eigenvalue weighted by molar-refractivity contribution is 5.83. The molecule has 0 amide bonds. The van der Waals surface area contributed by atoms with Crippen LogP contribution in [0.2, 0.25) is 0 Å². The van der Waals surface area contributed by atoms with E-state index in [-0.39, 0.29) is 0 Å². The third-order valence-corrected chi connectivity index (χ3v) is 3.47. The SMILES string of the molecule is FC(F)(F)c1ccc(NCCc2c[nH]c3ccccc23)nc1. The van der Waals surface area contributed by atoms with Crippen molar-refractivity contribution in [3.05, 3.63) is 59.9 Å². The largest absolute Gasteiger partial charge is 0.417 e. The van der Waals surface area contributed by atoms with Crippen LogP contribution in [-0.2, 0) is 12.6 Å². The fraction of sp³-hybridized carbons (Fsp3) is 0.188. The zero-order valence-electron chi connectivity index (χ0n) is 11.6. The predicted octanol–water partition coefficient (Wildman–Crippen LogP) is 4.24. The average Bonchev–Trinajstić information content (AvgIpc) is 2.90. The Kier molecular flexibility index (Phi) is 3.75. The molecule has 3 rings (SSSR count). The molecule has 0 atom stereocenters. The molecule has 0 saturated carbocycles. The Hall–Kier alpha value is -2.50. The van der Waals surface area contributed by atoms with E-state index in [0.717, 1.165) is 35.2 Å². The van der Waals surface area contributed by atoms with E-state index in [1.165, 1.54) is 6.07 Å². The van der Waals surface area contributed by atoms with Crippen molar-refractivity contribution in [3.63, 3.8) is 0 Å². The van der Waals surface area contributed by atoms with Gasteiger partial charge in [0.2, 0.25) is 0 Å². The number of hydrogen-bond donors (Lipinski definition) is 2. The summed E-state index contributed by atoms with van der Waals surface area (Å²) in [5, 5.41) is 4.19. The number of para-hydroxylation sites is 1. The van der Waals surface area contributed by atoms with Crippen molar-refractivity contribution in [3.8, 4) is 0 Å². The third-order valence-electron chi connectivity index (χ3n) is 3.47. The highest BCUT2D eigenvalue weighted by Gasteiger charge is 2.30. The van der Waals surface area contributed by atoms with Gasteiger partial charge >= 0.3 is 6.18 Å². The van der Waals surface area contributed by atoms with E-state index in [9.17, 15) is 13.2 Å². The first-order chi connectivity index (χ1) is 10.5. The van der Waals surface area contributed by atoms with Gasteiger partial charge in [0, 0.05) is 29.8 Å². The molecule has 0 aliphatic heterocycles. The molecule has 2 heterocycles. The molecule has 0 aliphatic rings. The van der Waals surface area contributed by atoms with Gasteiger partial charge in [0.25, 0.3) is 0 Å². The zero-order chi connectivity index (χ0) is 15.6. The Bertz CT molecular complexity index is 760. The van der Waals surface area contributed by atoms with E-state index in [1.807, 2.05) is 30.5 Å². The van der Waals surface area contributed by atoms with Crippen LogP contribution in [0.15, 0.2) is 48.8 Å². The molecule has 0 radical (unpaired) electrons. The number of alkyl halides is 3. The lowest BCUT2D eigenvalue weighted by atomic mass is 10.1. The van der Waals surface area contributed by atoms with E-state index < -0.39 is 11.7 Å². The minimum absolute atomic E-state index is 0.438.